The van der Waals surface area contributed by atoms with Gasteiger partial charge in [-0.25, -0.2) is 0 Å². The highest BCUT2D eigenvalue weighted by Crippen LogP contribution is 2.50. The van der Waals surface area contributed by atoms with Crippen molar-refractivity contribution in [3.63, 3.8) is 0 Å². The number of ether oxygens (including phenoxy) is 1. The van der Waals surface area contributed by atoms with Crippen LogP contribution in [0, 0.1) is 11.8 Å². The standard InChI is InChI=1S/C12H21NO/c1-13-7-5-12(6-8-13)11-4-2-3-10(11)9-14-12/h10-11H,2-9H2,1H3. The van der Waals surface area contributed by atoms with Crippen LogP contribution in [0.1, 0.15) is 32.1 Å². The number of likely N-dealkylation sites (tertiary alicyclic amines) is 1. The van der Waals surface area contributed by atoms with E-state index in [4.69, 9.17) is 4.74 Å². The van der Waals surface area contributed by atoms with Crippen LogP contribution in [0.4, 0.5) is 0 Å². The number of piperidine rings is 1. The van der Waals surface area contributed by atoms with Crippen molar-refractivity contribution in [2.24, 2.45) is 11.8 Å². The first-order valence-electron chi connectivity index (χ1n) is 6.13. The van der Waals surface area contributed by atoms with E-state index in [1.54, 1.807) is 0 Å². The molecular formula is C12H21NO. The van der Waals surface area contributed by atoms with Crippen LogP contribution in [0.3, 0.4) is 0 Å². The van der Waals surface area contributed by atoms with Crippen LogP contribution in [0.2, 0.25) is 0 Å². The average Bonchev–Trinajstić information content (AvgIpc) is 2.75. The van der Waals surface area contributed by atoms with Crippen LogP contribution < -0.4 is 0 Å². The Morgan fingerprint density at radius 1 is 1.21 bits per heavy atom. The van der Waals surface area contributed by atoms with Crippen molar-refractivity contribution in [2.75, 3.05) is 26.7 Å². The lowest BCUT2D eigenvalue weighted by Crippen LogP contribution is -2.46. The molecule has 0 aromatic heterocycles. The summed E-state index contributed by atoms with van der Waals surface area (Å²) in [4.78, 5) is 2.44. The molecule has 1 spiro atoms. The van der Waals surface area contributed by atoms with Crippen molar-refractivity contribution in [3.05, 3.63) is 0 Å². The summed E-state index contributed by atoms with van der Waals surface area (Å²) in [6.45, 7) is 3.54. The highest BCUT2D eigenvalue weighted by molar-refractivity contribution is 5.01. The molecule has 0 bridgehead atoms. The molecule has 3 aliphatic rings. The fourth-order valence-corrected chi connectivity index (χ4v) is 3.82. The zero-order chi connectivity index (χ0) is 9.60. The van der Waals surface area contributed by atoms with E-state index in [-0.39, 0.29) is 0 Å². The van der Waals surface area contributed by atoms with Crippen molar-refractivity contribution >= 4 is 0 Å². The van der Waals surface area contributed by atoms with Gasteiger partial charge in [0.25, 0.3) is 0 Å². The Bertz CT molecular complexity index is 220. The normalized spacial score (nSPS) is 41.8. The van der Waals surface area contributed by atoms with Crippen LogP contribution in [-0.2, 0) is 4.74 Å². The zero-order valence-corrected chi connectivity index (χ0v) is 9.17. The van der Waals surface area contributed by atoms with Crippen LogP contribution >= 0.6 is 0 Å². The molecule has 2 saturated heterocycles. The van der Waals surface area contributed by atoms with E-state index >= 15 is 0 Å². The highest BCUT2D eigenvalue weighted by atomic mass is 16.5. The van der Waals surface area contributed by atoms with Crippen LogP contribution in [0.15, 0.2) is 0 Å². The Kier molecular flexibility index (Phi) is 2.10. The lowest BCUT2D eigenvalue weighted by atomic mass is 9.77. The van der Waals surface area contributed by atoms with Crippen molar-refractivity contribution < 1.29 is 4.74 Å². The molecule has 2 aliphatic heterocycles. The van der Waals surface area contributed by atoms with Gasteiger partial charge in [-0.15, -0.1) is 0 Å². The summed E-state index contributed by atoms with van der Waals surface area (Å²) < 4.78 is 6.17. The first-order valence-corrected chi connectivity index (χ1v) is 6.13. The number of nitrogens with zero attached hydrogens (tertiary/aromatic N) is 1. The molecule has 14 heavy (non-hydrogen) atoms. The Hall–Kier alpha value is -0.0800. The van der Waals surface area contributed by atoms with Gasteiger partial charge in [-0.2, -0.15) is 0 Å². The Balaban J connectivity index is 1.77. The maximum absolute atomic E-state index is 6.17. The molecule has 1 aliphatic carbocycles. The second-order valence-electron chi connectivity index (χ2n) is 5.48. The number of fused-ring (bicyclic) bond motifs is 2. The fourth-order valence-electron chi connectivity index (χ4n) is 3.82. The lowest BCUT2D eigenvalue weighted by molar-refractivity contribution is -0.0641. The lowest BCUT2D eigenvalue weighted by Gasteiger charge is -2.40. The zero-order valence-electron chi connectivity index (χ0n) is 9.17. The molecule has 2 heterocycles. The fraction of sp³-hybridized carbons (Fsp3) is 1.00. The van der Waals surface area contributed by atoms with E-state index in [0.29, 0.717) is 5.60 Å². The molecule has 2 atom stereocenters. The average molecular weight is 195 g/mol. The number of rotatable bonds is 0. The summed E-state index contributed by atoms with van der Waals surface area (Å²) in [6.07, 6.45) is 6.89. The van der Waals surface area contributed by atoms with Gasteiger partial charge in [0, 0.05) is 13.1 Å². The van der Waals surface area contributed by atoms with Gasteiger partial charge in [-0.3, -0.25) is 0 Å². The molecule has 80 valence electrons. The highest BCUT2D eigenvalue weighted by Gasteiger charge is 2.51. The van der Waals surface area contributed by atoms with Crippen LogP contribution in [0.25, 0.3) is 0 Å². The Labute approximate surface area is 86.6 Å². The summed E-state index contributed by atoms with van der Waals surface area (Å²) in [5.41, 5.74) is 0.313. The van der Waals surface area contributed by atoms with Gasteiger partial charge in [0.2, 0.25) is 0 Å². The predicted octanol–water partition coefficient (Wildman–Crippen LogP) is 1.90. The van der Waals surface area contributed by atoms with Crippen LogP contribution in [-0.4, -0.2) is 37.2 Å². The van der Waals surface area contributed by atoms with Gasteiger partial charge in [-0.1, -0.05) is 6.42 Å². The first kappa shape index (κ1) is 9.17. The number of hydrogen-bond donors (Lipinski definition) is 0. The Morgan fingerprint density at radius 2 is 2.00 bits per heavy atom. The molecule has 3 rings (SSSR count). The predicted molar refractivity (Wildman–Crippen MR) is 56.2 cm³/mol. The van der Waals surface area contributed by atoms with E-state index in [2.05, 4.69) is 11.9 Å². The maximum atomic E-state index is 6.17. The van der Waals surface area contributed by atoms with Gasteiger partial charge < -0.3 is 9.64 Å². The molecule has 3 fully saturated rings. The Morgan fingerprint density at radius 3 is 2.79 bits per heavy atom. The minimum atomic E-state index is 0.313. The molecule has 2 unspecified atom stereocenters. The van der Waals surface area contributed by atoms with Crippen molar-refractivity contribution in [3.8, 4) is 0 Å². The number of hydrogen-bond acceptors (Lipinski definition) is 2. The van der Waals surface area contributed by atoms with Crippen LogP contribution in [0.5, 0.6) is 0 Å². The summed E-state index contributed by atoms with van der Waals surface area (Å²) in [6, 6.07) is 0. The quantitative estimate of drug-likeness (QED) is 0.585. The third kappa shape index (κ3) is 1.24. The minimum Gasteiger partial charge on any atom is -0.374 e. The third-order valence-corrected chi connectivity index (χ3v) is 4.75. The largest absolute Gasteiger partial charge is 0.374 e. The smallest absolute Gasteiger partial charge is 0.0738 e. The van der Waals surface area contributed by atoms with Crippen molar-refractivity contribution in [2.45, 2.75) is 37.7 Å². The van der Waals surface area contributed by atoms with Crippen molar-refractivity contribution in [1.29, 1.82) is 0 Å². The summed E-state index contributed by atoms with van der Waals surface area (Å²) in [5, 5.41) is 0. The van der Waals surface area contributed by atoms with Gasteiger partial charge in [0.15, 0.2) is 0 Å². The molecular weight excluding hydrogens is 174 g/mol. The molecule has 0 N–H and O–H groups in total. The molecule has 2 nitrogen and oxygen atoms in total. The first-order chi connectivity index (χ1) is 6.80. The van der Waals surface area contributed by atoms with E-state index < -0.39 is 0 Å². The molecule has 0 aromatic carbocycles. The minimum absolute atomic E-state index is 0.313. The topological polar surface area (TPSA) is 12.5 Å². The van der Waals surface area contributed by atoms with Gasteiger partial charge in [-0.05, 0) is 44.6 Å². The van der Waals surface area contributed by atoms with Crippen molar-refractivity contribution in [1.82, 2.24) is 4.90 Å². The van der Waals surface area contributed by atoms with E-state index in [9.17, 15) is 0 Å². The summed E-state index contributed by atoms with van der Waals surface area (Å²) in [7, 11) is 2.23. The molecule has 0 amide bonds. The molecule has 2 heteroatoms. The van der Waals surface area contributed by atoms with E-state index in [1.165, 1.54) is 45.2 Å². The molecule has 1 saturated carbocycles. The monoisotopic (exact) mass is 195 g/mol. The molecule has 0 aromatic rings. The van der Waals surface area contributed by atoms with Gasteiger partial charge in [0.05, 0.1) is 12.2 Å². The van der Waals surface area contributed by atoms with E-state index in [1.807, 2.05) is 0 Å². The third-order valence-electron chi connectivity index (χ3n) is 4.75. The maximum Gasteiger partial charge on any atom is 0.0738 e. The SMILES string of the molecule is CN1CCC2(CC1)OCC1CCCC12. The van der Waals surface area contributed by atoms with Gasteiger partial charge >= 0.3 is 0 Å². The summed E-state index contributed by atoms with van der Waals surface area (Å²) >= 11 is 0. The summed E-state index contributed by atoms with van der Waals surface area (Å²) in [5.74, 6) is 1.83. The second kappa shape index (κ2) is 3.21. The molecule has 0 radical (unpaired) electrons. The van der Waals surface area contributed by atoms with E-state index in [0.717, 1.165) is 18.4 Å². The second-order valence-corrected chi connectivity index (χ2v) is 5.48. The van der Waals surface area contributed by atoms with Gasteiger partial charge in [0.1, 0.15) is 0 Å².